The van der Waals surface area contributed by atoms with E-state index in [4.69, 9.17) is 4.74 Å². The van der Waals surface area contributed by atoms with Crippen molar-refractivity contribution in [3.8, 4) is 5.69 Å². The summed E-state index contributed by atoms with van der Waals surface area (Å²) >= 11 is 0. The van der Waals surface area contributed by atoms with Gasteiger partial charge in [-0.05, 0) is 18.2 Å². The average molecular weight is 459 g/mol. The van der Waals surface area contributed by atoms with Crippen molar-refractivity contribution in [2.24, 2.45) is 0 Å². The van der Waals surface area contributed by atoms with Gasteiger partial charge >= 0.3 is 0 Å². The first kappa shape index (κ1) is 19.7. The number of fused-ring (bicyclic) bond motifs is 2. The molecule has 4 aromatic heterocycles. The Morgan fingerprint density at radius 3 is 2.75 bits per heavy atom. The molecule has 0 radical (unpaired) electrons. The van der Waals surface area contributed by atoms with E-state index in [0.29, 0.717) is 35.1 Å². The van der Waals surface area contributed by atoms with Crippen molar-refractivity contribution in [1.82, 2.24) is 29.4 Å². The second-order valence-corrected chi connectivity index (χ2v) is 9.76. The zero-order valence-corrected chi connectivity index (χ0v) is 17.7. The highest BCUT2D eigenvalue weighted by Crippen LogP contribution is 2.42. The average Bonchev–Trinajstić information content (AvgIpc) is 3.40. The van der Waals surface area contributed by atoms with Crippen LogP contribution in [0.5, 0.6) is 0 Å². The minimum atomic E-state index is -2.70. The van der Waals surface area contributed by atoms with E-state index in [0.717, 1.165) is 24.4 Å². The molecule has 0 N–H and O–H groups in total. The van der Waals surface area contributed by atoms with Gasteiger partial charge in [-0.3, -0.25) is 4.21 Å². The van der Waals surface area contributed by atoms with Gasteiger partial charge in [0.1, 0.15) is 0 Å². The monoisotopic (exact) mass is 459 g/mol. The van der Waals surface area contributed by atoms with E-state index in [-0.39, 0.29) is 12.8 Å². The van der Waals surface area contributed by atoms with Crippen molar-refractivity contribution in [3.63, 3.8) is 0 Å². The van der Waals surface area contributed by atoms with Gasteiger partial charge in [-0.15, -0.1) is 5.10 Å². The molecule has 32 heavy (non-hydrogen) atoms. The zero-order chi connectivity index (χ0) is 21.9. The quantitative estimate of drug-likeness (QED) is 0.462. The van der Waals surface area contributed by atoms with Crippen LogP contribution in [-0.4, -0.2) is 71.0 Å². The lowest BCUT2D eigenvalue weighted by Gasteiger charge is -2.33. The predicted molar refractivity (Wildman–Crippen MR) is 113 cm³/mol. The molecule has 12 heteroatoms. The third kappa shape index (κ3) is 3.34. The SMILES string of the molecule is O=[S@](c1cnc2c(cnn2-c2ccc3nc(N4CCOCC4)nn3c2)c1)C1CC(F)(F)C1. The minimum Gasteiger partial charge on any atom is -0.378 e. The molecule has 0 spiro atoms. The van der Waals surface area contributed by atoms with Crippen LogP contribution in [0.25, 0.3) is 22.4 Å². The molecule has 1 saturated heterocycles. The number of ether oxygens (including phenoxy) is 1. The highest BCUT2D eigenvalue weighted by molar-refractivity contribution is 7.85. The zero-order valence-electron chi connectivity index (χ0n) is 16.9. The number of hydrogen-bond acceptors (Lipinski definition) is 7. The Hall–Kier alpha value is -2.99. The molecule has 1 atom stereocenters. The Kier molecular flexibility index (Phi) is 4.47. The normalized spacial score (nSPS) is 20.0. The molecule has 1 aliphatic heterocycles. The summed E-state index contributed by atoms with van der Waals surface area (Å²) in [5, 5.41) is 9.16. The van der Waals surface area contributed by atoms with E-state index in [1.54, 1.807) is 21.5 Å². The van der Waals surface area contributed by atoms with E-state index < -0.39 is 22.0 Å². The number of hydrogen-bond donors (Lipinski definition) is 0. The fourth-order valence-electron chi connectivity index (χ4n) is 4.03. The fourth-order valence-corrected chi connectivity index (χ4v) is 5.61. The van der Waals surface area contributed by atoms with Crippen molar-refractivity contribution in [3.05, 3.63) is 36.8 Å². The Balaban J connectivity index is 1.30. The van der Waals surface area contributed by atoms with Crippen molar-refractivity contribution in [2.45, 2.75) is 28.9 Å². The largest absolute Gasteiger partial charge is 0.378 e. The smallest absolute Gasteiger partial charge is 0.250 e. The number of anilines is 1. The van der Waals surface area contributed by atoms with Gasteiger partial charge in [0, 0.05) is 37.5 Å². The second kappa shape index (κ2) is 7.27. The van der Waals surface area contributed by atoms with Gasteiger partial charge in [0.05, 0.1) is 52.2 Å². The molecule has 0 aromatic carbocycles. The molecule has 0 unspecified atom stereocenters. The first-order chi connectivity index (χ1) is 15.5. The molecule has 9 nitrogen and oxygen atoms in total. The molecule has 1 saturated carbocycles. The Bertz CT molecular complexity index is 1340. The molecule has 2 aliphatic rings. The van der Waals surface area contributed by atoms with Gasteiger partial charge in [-0.2, -0.15) is 10.1 Å². The summed E-state index contributed by atoms with van der Waals surface area (Å²) in [6.45, 7) is 2.81. The van der Waals surface area contributed by atoms with Crippen molar-refractivity contribution in [1.29, 1.82) is 0 Å². The maximum Gasteiger partial charge on any atom is 0.250 e. The Labute approximate surface area is 183 Å². The number of rotatable bonds is 4. The molecule has 1 aliphatic carbocycles. The van der Waals surface area contributed by atoms with Crippen LogP contribution in [-0.2, 0) is 15.5 Å². The number of pyridine rings is 2. The molecule has 0 amide bonds. The first-order valence-electron chi connectivity index (χ1n) is 10.3. The summed E-state index contributed by atoms with van der Waals surface area (Å²) in [5.74, 6) is -2.05. The van der Waals surface area contributed by atoms with Crippen LogP contribution in [0, 0.1) is 0 Å². The maximum atomic E-state index is 13.1. The van der Waals surface area contributed by atoms with E-state index >= 15 is 0 Å². The van der Waals surface area contributed by atoms with Crippen LogP contribution in [0.2, 0.25) is 0 Å². The lowest BCUT2D eigenvalue weighted by molar-refractivity contribution is -0.0676. The molecule has 5 heterocycles. The highest BCUT2D eigenvalue weighted by Gasteiger charge is 2.48. The topological polar surface area (TPSA) is 90.4 Å². The number of aromatic nitrogens is 6. The van der Waals surface area contributed by atoms with Crippen molar-refractivity contribution < 1.29 is 17.7 Å². The third-order valence-corrected chi connectivity index (χ3v) is 7.44. The number of alkyl halides is 2. The molecule has 2 fully saturated rings. The summed E-state index contributed by atoms with van der Waals surface area (Å²) in [7, 11) is -1.51. The van der Waals surface area contributed by atoms with Gasteiger partial charge in [0.2, 0.25) is 5.95 Å². The van der Waals surface area contributed by atoms with Crippen LogP contribution >= 0.6 is 0 Å². The van der Waals surface area contributed by atoms with Crippen molar-refractivity contribution >= 4 is 33.4 Å². The molecule has 4 aromatic rings. The van der Waals surface area contributed by atoms with E-state index in [9.17, 15) is 13.0 Å². The molecular formula is C20H19F2N7O2S. The molecule has 6 rings (SSSR count). The Morgan fingerprint density at radius 2 is 1.97 bits per heavy atom. The summed E-state index contributed by atoms with van der Waals surface area (Å²) in [4.78, 5) is 11.5. The van der Waals surface area contributed by atoms with Crippen LogP contribution < -0.4 is 4.90 Å². The lowest BCUT2D eigenvalue weighted by atomic mass is 9.94. The second-order valence-electron chi connectivity index (χ2n) is 8.03. The molecule has 0 bridgehead atoms. The van der Waals surface area contributed by atoms with Crippen LogP contribution in [0.1, 0.15) is 12.8 Å². The van der Waals surface area contributed by atoms with Gasteiger partial charge < -0.3 is 9.64 Å². The van der Waals surface area contributed by atoms with Crippen LogP contribution in [0.15, 0.2) is 41.7 Å². The molecule has 166 valence electrons. The predicted octanol–water partition coefficient (Wildman–Crippen LogP) is 2.21. The standard InChI is InChI=1S/C20H19F2N7O2S/c21-20(22)8-16(9-20)32(30)15-7-13-10-24-29(18(13)23-11-15)14-1-2-17-25-19(26-28(17)12-14)27-3-5-31-6-4-27/h1-2,7,10-12,16H,3-6,8-9H2/t32-/m1/s1. The van der Waals surface area contributed by atoms with Gasteiger partial charge in [0.25, 0.3) is 5.92 Å². The number of nitrogens with zero attached hydrogens (tertiary/aromatic N) is 7. The van der Waals surface area contributed by atoms with Crippen molar-refractivity contribution in [2.75, 3.05) is 31.2 Å². The lowest BCUT2D eigenvalue weighted by Crippen LogP contribution is -2.42. The minimum absolute atomic E-state index is 0.346. The summed E-state index contributed by atoms with van der Waals surface area (Å²) < 4.78 is 47.6. The van der Waals surface area contributed by atoms with E-state index in [1.807, 2.05) is 18.3 Å². The number of morpholine rings is 1. The van der Waals surface area contributed by atoms with Crippen LogP contribution in [0.4, 0.5) is 14.7 Å². The maximum absolute atomic E-state index is 13.1. The third-order valence-electron chi connectivity index (χ3n) is 5.81. The van der Waals surface area contributed by atoms with Crippen LogP contribution in [0.3, 0.4) is 0 Å². The highest BCUT2D eigenvalue weighted by atomic mass is 32.2. The van der Waals surface area contributed by atoms with Gasteiger partial charge in [-0.25, -0.2) is 23.0 Å². The van der Waals surface area contributed by atoms with E-state index in [2.05, 4.69) is 25.1 Å². The molecular weight excluding hydrogens is 440 g/mol. The summed E-state index contributed by atoms with van der Waals surface area (Å²) in [5.41, 5.74) is 2.04. The summed E-state index contributed by atoms with van der Waals surface area (Å²) in [6.07, 6.45) is 4.24. The number of halogens is 2. The Morgan fingerprint density at radius 1 is 1.16 bits per heavy atom. The fraction of sp³-hybridized carbons (Fsp3) is 0.400. The summed E-state index contributed by atoms with van der Waals surface area (Å²) in [6, 6.07) is 5.45. The van der Waals surface area contributed by atoms with Gasteiger partial charge in [-0.1, -0.05) is 0 Å². The first-order valence-corrected chi connectivity index (χ1v) is 11.5. The van der Waals surface area contributed by atoms with Gasteiger partial charge in [0.15, 0.2) is 11.3 Å². The van der Waals surface area contributed by atoms with E-state index in [1.165, 1.54) is 6.20 Å².